The third-order valence-corrected chi connectivity index (χ3v) is 3.01. The van der Waals surface area contributed by atoms with Crippen LogP contribution in [0.2, 0.25) is 0 Å². The van der Waals surface area contributed by atoms with Crippen molar-refractivity contribution in [3.8, 4) is 0 Å². The number of benzene rings is 1. The molecule has 0 amide bonds. The Hall–Kier alpha value is -3.09. The van der Waals surface area contributed by atoms with E-state index in [1.165, 1.54) is 18.5 Å². The lowest BCUT2D eigenvalue weighted by molar-refractivity contribution is -0.384. The average Bonchev–Trinajstić information content (AvgIpc) is 2.53. The van der Waals surface area contributed by atoms with Crippen molar-refractivity contribution in [3.63, 3.8) is 0 Å². The minimum atomic E-state index is -0.433. The van der Waals surface area contributed by atoms with Crippen LogP contribution in [-0.4, -0.2) is 19.9 Å². The second-order valence-electron chi connectivity index (χ2n) is 4.40. The Balaban J connectivity index is 1.94. The lowest BCUT2D eigenvalue weighted by Crippen LogP contribution is -2.03. The number of non-ortho nitro benzene ring substituents is 1. The largest absolute Gasteiger partial charge is 0.365 e. The number of rotatable bonds is 4. The zero-order chi connectivity index (χ0) is 14.7. The minimum Gasteiger partial charge on any atom is -0.365 e. The summed E-state index contributed by atoms with van der Waals surface area (Å²) in [6.07, 6.45) is 4.88. The second-order valence-corrected chi connectivity index (χ2v) is 4.40. The summed E-state index contributed by atoms with van der Waals surface area (Å²) >= 11 is 0. The Morgan fingerprint density at radius 1 is 1.24 bits per heavy atom. The van der Waals surface area contributed by atoms with Gasteiger partial charge in [-0.25, -0.2) is 9.97 Å². The summed E-state index contributed by atoms with van der Waals surface area (Å²) in [4.78, 5) is 22.7. The van der Waals surface area contributed by atoms with Crippen LogP contribution in [0.25, 0.3) is 10.9 Å². The van der Waals surface area contributed by atoms with Gasteiger partial charge >= 0.3 is 0 Å². The number of anilines is 1. The summed E-state index contributed by atoms with van der Waals surface area (Å²) in [5.41, 5.74) is 1.67. The van der Waals surface area contributed by atoms with Crippen LogP contribution in [-0.2, 0) is 6.54 Å². The molecule has 0 spiro atoms. The fourth-order valence-corrected chi connectivity index (χ4v) is 1.99. The standard InChI is InChI=1S/C14H11N5O2/c20-19(21)11-3-4-13-12(6-11)14(18-9-17-13)16-8-10-2-1-5-15-7-10/h1-7,9H,8H2,(H,16,17,18). The molecule has 0 atom stereocenters. The fraction of sp³-hybridized carbons (Fsp3) is 0.0714. The van der Waals surface area contributed by atoms with Crippen LogP contribution in [0.3, 0.4) is 0 Å². The minimum absolute atomic E-state index is 0.0155. The number of hydrogen-bond acceptors (Lipinski definition) is 6. The number of fused-ring (bicyclic) bond motifs is 1. The highest BCUT2D eigenvalue weighted by Gasteiger charge is 2.10. The maximum absolute atomic E-state index is 10.9. The third kappa shape index (κ3) is 2.76. The molecule has 2 heterocycles. The summed E-state index contributed by atoms with van der Waals surface area (Å²) < 4.78 is 0. The van der Waals surface area contributed by atoms with Gasteiger partial charge in [-0.05, 0) is 17.7 Å². The van der Waals surface area contributed by atoms with E-state index in [1.807, 2.05) is 12.1 Å². The number of nitro groups is 1. The number of nitrogens with one attached hydrogen (secondary N) is 1. The monoisotopic (exact) mass is 281 g/mol. The van der Waals surface area contributed by atoms with Crippen LogP contribution in [0, 0.1) is 10.1 Å². The number of pyridine rings is 1. The summed E-state index contributed by atoms with van der Waals surface area (Å²) in [7, 11) is 0. The van der Waals surface area contributed by atoms with E-state index < -0.39 is 4.92 Å². The zero-order valence-corrected chi connectivity index (χ0v) is 10.9. The molecule has 7 nitrogen and oxygen atoms in total. The Morgan fingerprint density at radius 3 is 2.90 bits per heavy atom. The van der Waals surface area contributed by atoms with Crippen molar-refractivity contribution in [2.45, 2.75) is 6.54 Å². The summed E-state index contributed by atoms with van der Waals surface area (Å²) in [5.74, 6) is 0.563. The maximum atomic E-state index is 10.9. The highest BCUT2D eigenvalue weighted by atomic mass is 16.6. The number of nitrogens with zero attached hydrogens (tertiary/aromatic N) is 4. The Kier molecular flexibility index (Phi) is 3.38. The van der Waals surface area contributed by atoms with Crippen LogP contribution in [0.4, 0.5) is 11.5 Å². The molecule has 0 fully saturated rings. The first-order chi connectivity index (χ1) is 10.2. The average molecular weight is 281 g/mol. The van der Waals surface area contributed by atoms with E-state index in [2.05, 4.69) is 20.3 Å². The Bertz CT molecular complexity index is 792. The van der Waals surface area contributed by atoms with Crippen molar-refractivity contribution in [1.29, 1.82) is 0 Å². The topological polar surface area (TPSA) is 93.8 Å². The van der Waals surface area contributed by atoms with Crippen LogP contribution in [0.15, 0.2) is 49.1 Å². The summed E-state index contributed by atoms with van der Waals surface area (Å²) in [6, 6.07) is 8.30. The fourth-order valence-electron chi connectivity index (χ4n) is 1.99. The molecule has 0 saturated carbocycles. The molecule has 1 aromatic carbocycles. The van der Waals surface area contributed by atoms with E-state index in [-0.39, 0.29) is 5.69 Å². The lowest BCUT2D eigenvalue weighted by Gasteiger charge is -2.08. The van der Waals surface area contributed by atoms with Crippen molar-refractivity contribution < 1.29 is 4.92 Å². The number of nitro benzene ring substituents is 1. The predicted molar refractivity (Wildman–Crippen MR) is 77.8 cm³/mol. The van der Waals surface area contributed by atoms with Gasteiger partial charge < -0.3 is 5.32 Å². The highest BCUT2D eigenvalue weighted by Crippen LogP contribution is 2.24. The SMILES string of the molecule is O=[N+]([O-])c1ccc2ncnc(NCc3cccnc3)c2c1. The molecule has 0 radical (unpaired) electrons. The van der Waals surface area contributed by atoms with Gasteiger partial charge in [0.25, 0.3) is 5.69 Å². The van der Waals surface area contributed by atoms with Crippen molar-refractivity contribution >= 4 is 22.4 Å². The molecule has 104 valence electrons. The number of aromatic nitrogens is 3. The Labute approximate surface area is 119 Å². The van der Waals surface area contributed by atoms with Crippen LogP contribution >= 0.6 is 0 Å². The van der Waals surface area contributed by atoms with Crippen molar-refractivity contribution in [3.05, 3.63) is 64.7 Å². The van der Waals surface area contributed by atoms with Crippen molar-refractivity contribution in [2.75, 3.05) is 5.32 Å². The first-order valence-corrected chi connectivity index (χ1v) is 6.26. The molecule has 7 heteroatoms. The Morgan fingerprint density at radius 2 is 2.14 bits per heavy atom. The van der Waals surface area contributed by atoms with Crippen LogP contribution < -0.4 is 5.32 Å². The van der Waals surface area contributed by atoms with Gasteiger partial charge in [0.1, 0.15) is 12.1 Å². The van der Waals surface area contributed by atoms with Gasteiger partial charge in [-0.3, -0.25) is 15.1 Å². The molecule has 0 saturated heterocycles. The molecule has 3 aromatic rings. The normalized spacial score (nSPS) is 10.5. The molecule has 21 heavy (non-hydrogen) atoms. The van der Waals surface area contributed by atoms with E-state index in [9.17, 15) is 10.1 Å². The van der Waals surface area contributed by atoms with Crippen LogP contribution in [0.5, 0.6) is 0 Å². The van der Waals surface area contributed by atoms with Crippen LogP contribution in [0.1, 0.15) is 5.56 Å². The molecule has 0 unspecified atom stereocenters. The molecule has 0 aliphatic rings. The lowest BCUT2D eigenvalue weighted by atomic mass is 10.2. The molecule has 0 aliphatic carbocycles. The van der Waals surface area contributed by atoms with Gasteiger partial charge in [0.2, 0.25) is 0 Å². The van der Waals surface area contributed by atoms with Gasteiger partial charge in [-0.1, -0.05) is 6.07 Å². The molecule has 0 bridgehead atoms. The molecule has 3 rings (SSSR count). The second kappa shape index (κ2) is 5.49. The summed E-state index contributed by atoms with van der Waals surface area (Å²) in [6.45, 7) is 0.530. The number of hydrogen-bond donors (Lipinski definition) is 1. The molecular formula is C14H11N5O2. The van der Waals surface area contributed by atoms with Gasteiger partial charge in [-0.2, -0.15) is 0 Å². The molecule has 1 N–H and O–H groups in total. The smallest absolute Gasteiger partial charge is 0.270 e. The van der Waals surface area contributed by atoms with Crippen molar-refractivity contribution in [1.82, 2.24) is 15.0 Å². The van der Waals surface area contributed by atoms with E-state index in [0.29, 0.717) is 23.3 Å². The van der Waals surface area contributed by atoms with Gasteiger partial charge in [0, 0.05) is 36.5 Å². The highest BCUT2D eigenvalue weighted by molar-refractivity contribution is 5.90. The third-order valence-electron chi connectivity index (χ3n) is 3.01. The van der Waals surface area contributed by atoms with Crippen molar-refractivity contribution in [2.24, 2.45) is 0 Å². The first kappa shape index (κ1) is 12.9. The van der Waals surface area contributed by atoms with Gasteiger partial charge in [0.05, 0.1) is 10.4 Å². The van der Waals surface area contributed by atoms with E-state index in [1.54, 1.807) is 18.5 Å². The quantitative estimate of drug-likeness (QED) is 0.583. The predicted octanol–water partition coefficient (Wildman–Crippen LogP) is 2.55. The zero-order valence-electron chi connectivity index (χ0n) is 10.9. The summed E-state index contributed by atoms with van der Waals surface area (Å²) in [5, 5.41) is 14.6. The van der Waals surface area contributed by atoms with E-state index in [0.717, 1.165) is 5.56 Å². The maximum Gasteiger partial charge on any atom is 0.270 e. The van der Waals surface area contributed by atoms with Gasteiger partial charge in [0.15, 0.2) is 0 Å². The molecular weight excluding hydrogens is 270 g/mol. The van der Waals surface area contributed by atoms with E-state index in [4.69, 9.17) is 0 Å². The molecule has 2 aromatic heterocycles. The van der Waals surface area contributed by atoms with Gasteiger partial charge in [-0.15, -0.1) is 0 Å². The first-order valence-electron chi connectivity index (χ1n) is 6.26. The van der Waals surface area contributed by atoms with E-state index >= 15 is 0 Å². The molecule has 0 aliphatic heterocycles.